The van der Waals surface area contributed by atoms with Crippen molar-refractivity contribution >= 4 is 16.6 Å². The molecule has 1 saturated heterocycles. The Morgan fingerprint density at radius 3 is 3.06 bits per heavy atom. The summed E-state index contributed by atoms with van der Waals surface area (Å²) in [5.74, 6) is 0. The molecule has 0 radical (unpaired) electrons. The average Bonchev–Trinajstić information content (AvgIpc) is 2.44. The molecule has 0 amide bonds. The van der Waals surface area contributed by atoms with E-state index in [1.54, 1.807) is 0 Å². The summed E-state index contributed by atoms with van der Waals surface area (Å²) < 4.78 is 67.2. The molecule has 0 atom stereocenters. The summed E-state index contributed by atoms with van der Waals surface area (Å²) in [5.41, 5.74) is -0.507. The number of nitrogens with zero attached hydrogens (tertiary/aromatic N) is 2. The number of aromatic nitrogens is 2. The molecule has 1 N–H and O–H groups in total. The van der Waals surface area contributed by atoms with Gasteiger partial charge in [0.2, 0.25) is 0 Å². The molecule has 0 aliphatic carbocycles. The van der Waals surface area contributed by atoms with Gasteiger partial charge < -0.3 is 14.6 Å². The van der Waals surface area contributed by atoms with Crippen LogP contribution in [0.5, 0.6) is 0 Å². The molecule has 3 rings (SSSR count). The third-order valence-corrected chi connectivity index (χ3v) is 2.30. The highest BCUT2D eigenvalue weighted by Gasteiger charge is 2.12. The van der Waals surface area contributed by atoms with Crippen molar-refractivity contribution in [1.82, 2.24) is 9.97 Å². The van der Waals surface area contributed by atoms with E-state index in [0.717, 1.165) is 6.33 Å². The van der Waals surface area contributed by atoms with E-state index in [-0.39, 0.29) is 16.6 Å². The zero-order valence-corrected chi connectivity index (χ0v) is 8.52. The Kier molecular flexibility index (Phi) is 1.17. The van der Waals surface area contributed by atoms with E-state index in [9.17, 15) is 4.79 Å². The van der Waals surface area contributed by atoms with Crippen LogP contribution in [0.2, 0.25) is 0 Å². The van der Waals surface area contributed by atoms with Gasteiger partial charge in [0.05, 0.1) is 41.3 Å². The molecule has 2 heterocycles. The number of hydrogen-bond donors (Lipinski definition) is 1. The van der Waals surface area contributed by atoms with Crippen molar-refractivity contribution in [3.63, 3.8) is 0 Å². The lowest BCUT2D eigenvalue weighted by molar-refractivity contribution is 0.122. The Hall–Kier alpha value is -1.88. The van der Waals surface area contributed by atoms with Gasteiger partial charge in [-0.15, -0.1) is 0 Å². The first-order chi connectivity index (χ1) is 11.3. The number of hydrogen-bond acceptors (Lipinski definition) is 4. The van der Waals surface area contributed by atoms with Crippen molar-refractivity contribution in [2.75, 3.05) is 31.0 Å². The van der Waals surface area contributed by atoms with Gasteiger partial charge in [0.15, 0.2) is 0 Å². The van der Waals surface area contributed by atoms with E-state index >= 15 is 0 Å². The maximum absolute atomic E-state index is 11.7. The topological polar surface area (TPSA) is 58.2 Å². The van der Waals surface area contributed by atoms with E-state index < -0.39 is 31.7 Å². The van der Waals surface area contributed by atoms with Crippen LogP contribution in [0.25, 0.3) is 10.9 Å². The van der Waals surface area contributed by atoms with Crippen LogP contribution in [0, 0.1) is 0 Å². The second-order valence-electron chi connectivity index (χ2n) is 3.30. The van der Waals surface area contributed by atoms with Crippen molar-refractivity contribution in [1.29, 1.82) is 0 Å². The van der Waals surface area contributed by atoms with Gasteiger partial charge >= 0.3 is 0 Å². The standard InChI is InChI=1S/C12H13N3O2/c16-12-10-2-1-9(7-11(10)13-8-14-12)15-3-5-17-6-4-15/h1-2,7-8H,3-6H2,(H,13,14,16)/i3D2,4D2,5D2,6D2. The van der Waals surface area contributed by atoms with Crippen LogP contribution in [0.4, 0.5) is 5.69 Å². The molecule has 1 aliphatic rings. The van der Waals surface area contributed by atoms with E-state index in [1.807, 2.05) is 0 Å². The van der Waals surface area contributed by atoms with Crippen molar-refractivity contribution in [2.45, 2.75) is 0 Å². The molecule has 0 spiro atoms. The quantitative estimate of drug-likeness (QED) is 0.798. The van der Waals surface area contributed by atoms with Crippen LogP contribution in [0.3, 0.4) is 0 Å². The number of benzene rings is 1. The number of ether oxygens (including phenoxy) is 1. The first-order valence-corrected chi connectivity index (χ1v) is 4.79. The minimum atomic E-state index is -3.14. The molecule has 88 valence electrons. The van der Waals surface area contributed by atoms with Crippen LogP contribution < -0.4 is 10.5 Å². The molecule has 1 fully saturated rings. The predicted molar refractivity (Wildman–Crippen MR) is 65.4 cm³/mol. The van der Waals surface area contributed by atoms with Gasteiger partial charge in [-0.2, -0.15) is 0 Å². The first-order valence-electron chi connectivity index (χ1n) is 8.79. The molecule has 5 heteroatoms. The minimum absolute atomic E-state index is 0.125. The smallest absolute Gasteiger partial charge is 0.258 e. The first kappa shape index (κ1) is 4.78. The Balaban J connectivity index is 2.26. The summed E-state index contributed by atoms with van der Waals surface area (Å²) in [6.07, 6.45) is 1.12. The third kappa shape index (κ3) is 1.89. The number of nitrogens with one attached hydrogen (secondary N) is 1. The van der Waals surface area contributed by atoms with Gasteiger partial charge in [-0.05, 0) is 18.2 Å². The van der Waals surface area contributed by atoms with Gasteiger partial charge in [-0.1, -0.05) is 0 Å². The Bertz CT molecular complexity index is 871. The Morgan fingerprint density at radius 2 is 2.24 bits per heavy atom. The lowest BCUT2D eigenvalue weighted by Crippen LogP contribution is -2.36. The van der Waals surface area contributed by atoms with Crippen LogP contribution in [-0.4, -0.2) is 36.1 Å². The summed E-state index contributed by atoms with van der Waals surface area (Å²) in [6, 6.07) is 3.67. The molecule has 1 aliphatic heterocycles. The van der Waals surface area contributed by atoms with E-state index in [0.29, 0.717) is 4.90 Å². The molecule has 2 aromatic rings. The predicted octanol–water partition coefficient (Wildman–Crippen LogP) is 0.760. The number of morpholine rings is 1. The highest BCUT2D eigenvalue weighted by atomic mass is 16.5. The van der Waals surface area contributed by atoms with Crippen molar-refractivity contribution in [3.05, 3.63) is 34.9 Å². The second kappa shape index (κ2) is 4.18. The number of H-pyrrole nitrogens is 1. The summed E-state index contributed by atoms with van der Waals surface area (Å²) in [6.45, 7) is -12.4. The van der Waals surface area contributed by atoms with Gasteiger partial charge in [-0.25, -0.2) is 4.98 Å². The number of rotatable bonds is 1. The summed E-state index contributed by atoms with van der Waals surface area (Å²) in [4.78, 5) is 18.4. The number of fused-ring (bicyclic) bond motifs is 1. The van der Waals surface area contributed by atoms with Crippen molar-refractivity contribution < 1.29 is 15.7 Å². The molecular weight excluding hydrogens is 218 g/mol. The van der Waals surface area contributed by atoms with Crippen LogP contribution in [-0.2, 0) is 4.74 Å². The Morgan fingerprint density at radius 1 is 1.41 bits per heavy atom. The molecule has 0 bridgehead atoms. The summed E-state index contributed by atoms with van der Waals surface area (Å²) in [7, 11) is 0. The second-order valence-corrected chi connectivity index (χ2v) is 3.30. The highest BCUT2D eigenvalue weighted by molar-refractivity contribution is 5.81. The lowest BCUT2D eigenvalue weighted by Gasteiger charge is -2.28. The van der Waals surface area contributed by atoms with E-state index in [1.165, 1.54) is 18.2 Å². The normalized spacial score (nSPS) is 35.2. The van der Waals surface area contributed by atoms with E-state index in [4.69, 9.17) is 11.0 Å². The molecule has 0 unspecified atom stereocenters. The van der Waals surface area contributed by atoms with Crippen molar-refractivity contribution in [2.24, 2.45) is 0 Å². The van der Waals surface area contributed by atoms with E-state index in [2.05, 4.69) is 14.7 Å². The fourth-order valence-electron chi connectivity index (χ4n) is 1.52. The van der Waals surface area contributed by atoms with Gasteiger partial charge in [0.1, 0.15) is 0 Å². The molecule has 1 aromatic heterocycles. The maximum Gasteiger partial charge on any atom is 0.258 e. The maximum atomic E-state index is 11.7. The summed E-state index contributed by atoms with van der Waals surface area (Å²) in [5, 5.41) is 0.173. The Labute approximate surface area is 109 Å². The molecule has 17 heavy (non-hydrogen) atoms. The molecular formula is C12H13N3O2. The average molecular weight is 239 g/mol. The molecule has 1 aromatic carbocycles. The zero-order valence-electron chi connectivity index (χ0n) is 16.5. The third-order valence-electron chi connectivity index (χ3n) is 2.30. The SMILES string of the molecule is [2H]C1([2H])OC([2H])([2H])C([2H])([2H])N(c2ccc3c(=O)[nH]cnc3c2)C1([2H])[2H]. The minimum Gasteiger partial charge on any atom is -0.378 e. The summed E-state index contributed by atoms with van der Waals surface area (Å²) >= 11 is 0. The zero-order chi connectivity index (χ0) is 18.8. The largest absolute Gasteiger partial charge is 0.378 e. The highest BCUT2D eigenvalue weighted by Crippen LogP contribution is 2.19. The van der Waals surface area contributed by atoms with Crippen LogP contribution in [0.15, 0.2) is 29.3 Å². The monoisotopic (exact) mass is 239 g/mol. The fourth-order valence-corrected chi connectivity index (χ4v) is 1.52. The van der Waals surface area contributed by atoms with Crippen LogP contribution in [0.1, 0.15) is 11.0 Å². The lowest BCUT2D eigenvalue weighted by atomic mass is 10.2. The number of anilines is 1. The van der Waals surface area contributed by atoms with Gasteiger partial charge in [0.25, 0.3) is 5.56 Å². The van der Waals surface area contributed by atoms with Crippen molar-refractivity contribution in [3.8, 4) is 0 Å². The molecule has 5 nitrogen and oxygen atoms in total. The van der Waals surface area contributed by atoms with Crippen LogP contribution >= 0.6 is 0 Å². The molecule has 0 saturated carbocycles. The fraction of sp³-hybridized carbons (Fsp3) is 0.333. The van der Waals surface area contributed by atoms with Gasteiger partial charge in [-0.3, -0.25) is 4.79 Å². The van der Waals surface area contributed by atoms with Gasteiger partial charge in [0, 0.05) is 18.7 Å². The number of aromatic amines is 1.